The van der Waals surface area contributed by atoms with Crippen molar-refractivity contribution in [2.75, 3.05) is 6.61 Å². The van der Waals surface area contributed by atoms with E-state index in [4.69, 9.17) is 4.74 Å². The molecule has 2 aromatic rings. The maximum atomic E-state index is 5.93. The Kier molecular flexibility index (Phi) is 5.63. The van der Waals surface area contributed by atoms with Crippen LogP contribution in [0.4, 0.5) is 0 Å². The molecule has 2 nitrogen and oxygen atoms in total. The number of hydrogen-bond acceptors (Lipinski definition) is 2. The first-order valence-corrected chi connectivity index (χ1v) is 7.23. The third-order valence-corrected chi connectivity index (χ3v) is 3.16. The molecule has 0 aliphatic carbocycles. The SMILES string of the molecule is CC(C)NCc1ccccc1OCCc1ccccc1. The molecule has 2 aromatic carbocycles. The highest BCUT2D eigenvalue weighted by Crippen LogP contribution is 2.18. The largest absolute Gasteiger partial charge is 0.493 e. The molecule has 0 radical (unpaired) electrons. The molecular weight excluding hydrogens is 246 g/mol. The quantitative estimate of drug-likeness (QED) is 0.825. The van der Waals surface area contributed by atoms with Crippen LogP contribution in [-0.4, -0.2) is 12.6 Å². The summed E-state index contributed by atoms with van der Waals surface area (Å²) < 4.78 is 5.93. The van der Waals surface area contributed by atoms with Crippen molar-refractivity contribution in [3.63, 3.8) is 0 Å². The first-order valence-electron chi connectivity index (χ1n) is 7.23. The molecule has 0 bridgehead atoms. The predicted molar refractivity (Wildman–Crippen MR) is 84.1 cm³/mol. The van der Waals surface area contributed by atoms with Crippen molar-refractivity contribution in [1.29, 1.82) is 0 Å². The van der Waals surface area contributed by atoms with Crippen LogP contribution in [-0.2, 0) is 13.0 Å². The van der Waals surface area contributed by atoms with E-state index in [2.05, 4.69) is 55.6 Å². The number of para-hydroxylation sites is 1. The van der Waals surface area contributed by atoms with E-state index in [1.54, 1.807) is 0 Å². The van der Waals surface area contributed by atoms with E-state index in [1.165, 1.54) is 11.1 Å². The van der Waals surface area contributed by atoms with Gasteiger partial charge in [0.2, 0.25) is 0 Å². The maximum absolute atomic E-state index is 5.93. The summed E-state index contributed by atoms with van der Waals surface area (Å²) in [5, 5.41) is 3.43. The van der Waals surface area contributed by atoms with E-state index in [1.807, 2.05) is 18.2 Å². The number of ether oxygens (including phenoxy) is 1. The number of rotatable bonds is 7. The van der Waals surface area contributed by atoms with Gasteiger partial charge >= 0.3 is 0 Å². The van der Waals surface area contributed by atoms with Crippen molar-refractivity contribution in [2.24, 2.45) is 0 Å². The highest BCUT2D eigenvalue weighted by molar-refractivity contribution is 5.33. The molecule has 0 atom stereocenters. The van der Waals surface area contributed by atoms with Crippen LogP contribution in [0.2, 0.25) is 0 Å². The average Bonchev–Trinajstić information content (AvgIpc) is 2.47. The number of benzene rings is 2. The van der Waals surface area contributed by atoms with Crippen LogP contribution in [0.5, 0.6) is 5.75 Å². The zero-order valence-electron chi connectivity index (χ0n) is 12.3. The molecule has 106 valence electrons. The lowest BCUT2D eigenvalue weighted by molar-refractivity contribution is 0.317. The van der Waals surface area contributed by atoms with Gasteiger partial charge in [0.1, 0.15) is 5.75 Å². The fraction of sp³-hybridized carbons (Fsp3) is 0.333. The number of hydrogen-bond donors (Lipinski definition) is 1. The molecule has 0 fully saturated rings. The van der Waals surface area contributed by atoms with Crippen molar-refractivity contribution in [3.8, 4) is 5.75 Å². The van der Waals surface area contributed by atoms with Crippen LogP contribution in [0.15, 0.2) is 54.6 Å². The second-order valence-electron chi connectivity index (χ2n) is 5.23. The minimum absolute atomic E-state index is 0.479. The fourth-order valence-corrected chi connectivity index (χ4v) is 2.03. The van der Waals surface area contributed by atoms with Gasteiger partial charge in [0.05, 0.1) is 6.61 Å². The summed E-state index contributed by atoms with van der Waals surface area (Å²) in [6, 6.07) is 19.2. The van der Waals surface area contributed by atoms with Gasteiger partial charge < -0.3 is 10.1 Å². The predicted octanol–water partition coefficient (Wildman–Crippen LogP) is 3.81. The lowest BCUT2D eigenvalue weighted by Crippen LogP contribution is -2.22. The van der Waals surface area contributed by atoms with Crippen molar-refractivity contribution >= 4 is 0 Å². The van der Waals surface area contributed by atoms with E-state index in [0.29, 0.717) is 12.6 Å². The third kappa shape index (κ3) is 4.71. The Morgan fingerprint density at radius 2 is 1.65 bits per heavy atom. The Labute approximate surface area is 121 Å². The molecule has 2 rings (SSSR count). The molecule has 0 saturated carbocycles. The normalized spacial score (nSPS) is 10.8. The van der Waals surface area contributed by atoms with Crippen LogP contribution < -0.4 is 10.1 Å². The lowest BCUT2D eigenvalue weighted by atomic mass is 10.1. The molecule has 0 unspecified atom stereocenters. The average molecular weight is 269 g/mol. The van der Waals surface area contributed by atoms with Gasteiger partial charge in [-0.2, -0.15) is 0 Å². The summed E-state index contributed by atoms with van der Waals surface area (Å²) >= 11 is 0. The molecule has 1 N–H and O–H groups in total. The van der Waals surface area contributed by atoms with Crippen LogP contribution in [0.25, 0.3) is 0 Å². The van der Waals surface area contributed by atoms with Crippen LogP contribution in [0, 0.1) is 0 Å². The molecule has 20 heavy (non-hydrogen) atoms. The Morgan fingerprint density at radius 3 is 2.40 bits per heavy atom. The maximum Gasteiger partial charge on any atom is 0.123 e. The zero-order chi connectivity index (χ0) is 14.2. The summed E-state index contributed by atoms with van der Waals surface area (Å²) in [4.78, 5) is 0. The van der Waals surface area contributed by atoms with Gasteiger partial charge in [0, 0.05) is 24.6 Å². The minimum Gasteiger partial charge on any atom is -0.493 e. The second-order valence-corrected chi connectivity index (χ2v) is 5.23. The van der Waals surface area contributed by atoms with Gasteiger partial charge in [-0.25, -0.2) is 0 Å². The summed E-state index contributed by atoms with van der Waals surface area (Å²) in [6.45, 7) is 5.86. The minimum atomic E-state index is 0.479. The van der Waals surface area contributed by atoms with Gasteiger partial charge in [-0.3, -0.25) is 0 Å². The summed E-state index contributed by atoms with van der Waals surface area (Å²) in [5.41, 5.74) is 2.53. The molecule has 0 aromatic heterocycles. The molecule has 2 heteroatoms. The summed E-state index contributed by atoms with van der Waals surface area (Å²) in [7, 11) is 0. The van der Waals surface area contributed by atoms with Crippen molar-refractivity contribution in [2.45, 2.75) is 32.9 Å². The monoisotopic (exact) mass is 269 g/mol. The van der Waals surface area contributed by atoms with E-state index in [0.717, 1.165) is 18.7 Å². The standard InChI is InChI=1S/C18H23NO/c1-15(2)19-14-17-10-6-7-11-18(17)20-13-12-16-8-4-3-5-9-16/h3-11,15,19H,12-14H2,1-2H3. The molecule has 0 amide bonds. The van der Waals surface area contributed by atoms with Crippen LogP contribution >= 0.6 is 0 Å². The van der Waals surface area contributed by atoms with Gasteiger partial charge in [-0.05, 0) is 11.6 Å². The molecule has 0 heterocycles. The summed E-state index contributed by atoms with van der Waals surface area (Å²) in [5.74, 6) is 0.983. The molecule has 0 spiro atoms. The van der Waals surface area contributed by atoms with Gasteiger partial charge in [-0.15, -0.1) is 0 Å². The van der Waals surface area contributed by atoms with Gasteiger partial charge in [-0.1, -0.05) is 62.4 Å². The fourth-order valence-electron chi connectivity index (χ4n) is 2.03. The Balaban J connectivity index is 1.89. The van der Waals surface area contributed by atoms with E-state index < -0.39 is 0 Å². The highest BCUT2D eigenvalue weighted by atomic mass is 16.5. The lowest BCUT2D eigenvalue weighted by Gasteiger charge is -2.13. The van der Waals surface area contributed by atoms with Crippen molar-refractivity contribution < 1.29 is 4.74 Å². The Hall–Kier alpha value is -1.80. The smallest absolute Gasteiger partial charge is 0.123 e. The summed E-state index contributed by atoms with van der Waals surface area (Å²) in [6.07, 6.45) is 0.937. The molecular formula is C18H23NO. The van der Waals surface area contributed by atoms with E-state index >= 15 is 0 Å². The van der Waals surface area contributed by atoms with Gasteiger partial charge in [0.15, 0.2) is 0 Å². The highest BCUT2D eigenvalue weighted by Gasteiger charge is 2.03. The van der Waals surface area contributed by atoms with E-state index in [9.17, 15) is 0 Å². The first kappa shape index (κ1) is 14.6. The van der Waals surface area contributed by atoms with Crippen LogP contribution in [0.3, 0.4) is 0 Å². The molecule has 0 aliphatic rings. The topological polar surface area (TPSA) is 21.3 Å². The van der Waals surface area contributed by atoms with Crippen LogP contribution in [0.1, 0.15) is 25.0 Å². The Bertz CT molecular complexity index is 508. The number of nitrogens with one attached hydrogen (secondary N) is 1. The second kappa shape index (κ2) is 7.71. The molecule has 0 aliphatic heterocycles. The Morgan fingerprint density at radius 1 is 0.950 bits per heavy atom. The van der Waals surface area contributed by atoms with Gasteiger partial charge in [0.25, 0.3) is 0 Å². The zero-order valence-corrected chi connectivity index (χ0v) is 12.3. The van der Waals surface area contributed by atoms with Crippen molar-refractivity contribution in [1.82, 2.24) is 5.32 Å². The van der Waals surface area contributed by atoms with Crippen molar-refractivity contribution in [3.05, 3.63) is 65.7 Å². The molecule has 0 saturated heterocycles. The third-order valence-electron chi connectivity index (χ3n) is 3.16. The van der Waals surface area contributed by atoms with E-state index in [-0.39, 0.29) is 0 Å². The first-order chi connectivity index (χ1) is 9.75.